The molecular formula is C14H4Br8. The van der Waals surface area contributed by atoms with Crippen LogP contribution >= 0.6 is 127 Å². The SMILES string of the molecule is Brc1ccc2c(c1Br)C(Br)c1c(Br)c(Br)c(Br)c(Br)c1C2Br. The van der Waals surface area contributed by atoms with Crippen LogP contribution < -0.4 is 0 Å². The first-order valence-corrected chi connectivity index (χ1v) is 12.5. The highest BCUT2D eigenvalue weighted by Crippen LogP contribution is 2.58. The van der Waals surface area contributed by atoms with Crippen molar-refractivity contribution in [2.45, 2.75) is 9.65 Å². The van der Waals surface area contributed by atoms with Crippen LogP contribution in [0.4, 0.5) is 0 Å². The minimum absolute atomic E-state index is 0.0771. The second-order valence-corrected chi connectivity index (χ2v) is 11.3. The van der Waals surface area contributed by atoms with Crippen molar-refractivity contribution in [3.8, 4) is 0 Å². The summed E-state index contributed by atoms with van der Waals surface area (Å²) in [6.07, 6.45) is 0. The molecule has 0 fully saturated rings. The third-order valence-electron chi connectivity index (χ3n) is 3.54. The Kier molecular flexibility index (Phi) is 6.17. The first kappa shape index (κ1) is 19.1. The van der Waals surface area contributed by atoms with Gasteiger partial charge in [-0.1, -0.05) is 37.9 Å². The van der Waals surface area contributed by atoms with E-state index in [-0.39, 0.29) is 9.65 Å². The molecule has 0 radical (unpaired) electrons. The van der Waals surface area contributed by atoms with Gasteiger partial charge >= 0.3 is 0 Å². The molecular weight excluding hydrogens is 807 g/mol. The predicted molar refractivity (Wildman–Crippen MR) is 121 cm³/mol. The normalized spacial score (nSPS) is 19.8. The summed E-state index contributed by atoms with van der Waals surface area (Å²) in [6, 6.07) is 4.22. The van der Waals surface area contributed by atoms with Crippen LogP contribution in [0.3, 0.4) is 0 Å². The Balaban J connectivity index is 2.41. The van der Waals surface area contributed by atoms with Crippen LogP contribution in [0.2, 0.25) is 0 Å². The minimum atomic E-state index is 0.0771. The zero-order valence-electron chi connectivity index (χ0n) is 10.3. The first-order chi connectivity index (χ1) is 10.3. The third-order valence-corrected chi connectivity index (χ3v) is 12.3. The Morgan fingerprint density at radius 1 is 0.545 bits per heavy atom. The zero-order valence-corrected chi connectivity index (χ0v) is 23.0. The van der Waals surface area contributed by atoms with E-state index < -0.39 is 0 Å². The monoisotopic (exact) mass is 803 g/mol. The maximum absolute atomic E-state index is 3.88. The molecule has 2 atom stereocenters. The van der Waals surface area contributed by atoms with Crippen LogP contribution in [0.25, 0.3) is 0 Å². The van der Waals surface area contributed by atoms with Gasteiger partial charge in [-0.05, 0) is 124 Å². The van der Waals surface area contributed by atoms with E-state index in [4.69, 9.17) is 0 Å². The van der Waals surface area contributed by atoms with Crippen molar-refractivity contribution in [2.24, 2.45) is 0 Å². The fraction of sp³-hybridized carbons (Fsp3) is 0.143. The van der Waals surface area contributed by atoms with Crippen molar-refractivity contribution < 1.29 is 0 Å². The van der Waals surface area contributed by atoms with Gasteiger partial charge in [0.05, 0.1) is 9.65 Å². The van der Waals surface area contributed by atoms with Crippen LogP contribution in [0.15, 0.2) is 39.0 Å². The van der Waals surface area contributed by atoms with Gasteiger partial charge in [-0.25, -0.2) is 0 Å². The summed E-state index contributed by atoms with van der Waals surface area (Å²) in [5.41, 5.74) is 4.89. The summed E-state index contributed by atoms with van der Waals surface area (Å²) >= 11 is 29.8. The van der Waals surface area contributed by atoms with Gasteiger partial charge in [0.25, 0.3) is 0 Å². The van der Waals surface area contributed by atoms with Crippen LogP contribution in [0.5, 0.6) is 0 Å². The Hall–Kier alpha value is 2.28. The minimum Gasteiger partial charge on any atom is -0.0786 e. The van der Waals surface area contributed by atoms with Crippen molar-refractivity contribution in [1.82, 2.24) is 0 Å². The summed E-state index contributed by atoms with van der Waals surface area (Å²) in [4.78, 5) is 0.180. The number of benzene rings is 2. The maximum atomic E-state index is 3.88. The van der Waals surface area contributed by atoms with Gasteiger partial charge < -0.3 is 0 Å². The molecule has 2 aromatic rings. The van der Waals surface area contributed by atoms with E-state index >= 15 is 0 Å². The molecule has 0 saturated carbocycles. The van der Waals surface area contributed by atoms with Gasteiger partial charge in [-0.2, -0.15) is 0 Å². The molecule has 0 amide bonds. The zero-order chi connectivity index (χ0) is 16.3. The molecule has 0 aromatic heterocycles. The van der Waals surface area contributed by atoms with E-state index in [2.05, 4.69) is 140 Å². The number of hydrogen-bond acceptors (Lipinski definition) is 0. The molecule has 116 valence electrons. The standard InChI is InChI=1S/C14H4Br8/c15-4-2-1-3-5(9(4)17)10(18)7-6(8(3)16)11(19)13(21)14(22)12(7)20/h1-2,8,10H. The fourth-order valence-electron chi connectivity index (χ4n) is 2.52. The number of halogens is 8. The van der Waals surface area contributed by atoms with Crippen molar-refractivity contribution in [1.29, 1.82) is 0 Å². The second kappa shape index (κ2) is 7.12. The highest BCUT2D eigenvalue weighted by molar-refractivity contribution is 9.15. The molecule has 2 unspecified atom stereocenters. The van der Waals surface area contributed by atoms with Crippen molar-refractivity contribution in [3.05, 3.63) is 61.2 Å². The summed E-state index contributed by atoms with van der Waals surface area (Å²) in [6.45, 7) is 0. The molecule has 0 heterocycles. The lowest BCUT2D eigenvalue weighted by Crippen LogP contribution is -2.15. The van der Waals surface area contributed by atoms with E-state index in [1.165, 1.54) is 22.3 Å². The van der Waals surface area contributed by atoms with Crippen LogP contribution in [-0.2, 0) is 0 Å². The van der Waals surface area contributed by atoms with Gasteiger partial charge in [0.2, 0.25) is 0 Å². The van der Waals surface area contributed by atoms with Crippen LogP contribution in [-0.4, -0.2) is 0 Å². The highest BCUT2D eigenvalue weighted by atomic mass is 79.9. The molecule has 0 bridgehead atoms. The quantitative estimate of drug-likeness (QED) is 0.141. The van der Waals surface area contributed by atoms with Gasteiger partial charge in [-0.3, -0.25) is 0 Å². The summed E-state index contributed by atoms with van der Waals surface area (Å²) < 4.78 is 6.21. The lowest BCUT2D eigenvalue weighted by Gasteiger charge is -2.32. The van der Waals surface area contributed by atoms with E-state index in [1.54, 1.807) is 0 Å². The van der Waals surface area contributed by atoms with Crippen LogP contribution in [0, 0.1) is 0 Å². The van der Waals surface area contributed by atoms with Gasteiger partial charge in [0.1, 0.15) is 0 Å². The average molecular weight is 811 g/mol. The Labute approximate surface area is 195 Å². The fourth-order valence-corrected chi connectivity index (χ4v) is 8.86. The third kappa shape index (κ3) is 2.87. The maximum Gasteiger partial charge on any atom is 0.0674 e. The Morgan fingerprint density at radius 2 is 1.05 bits per heavy atom. The van der Waals surface area contributed by atoms with E-state index in [0.29, 0.717) is 0 Å². The molecule has 0 aliphatic heterocycles. The smallest absolute Gasteiger partial charge is 0.0674 e. The summed E-state index contributed by atoms with van der Waals surface area (Å²) in [7, 11) is 0. The van der Waals surface area contributed by atoms with Crippen molar-refractivity contribution in [2.75, 3.05) is 0 Å². The number of rotatable bonds is 0. The molecule has 0 N–H and O–H groups in total. The Morgan fingerprint density at radius 3 is 1.59 bits per heavy atom. The predicted octanol–water partition coefficient (Wildman–Crippen LogP) is 9.54. The highest BCUT2D eigenvalue weighted by Gasteiger charge is 2.36. The number of alkyl halides is 2. The molecule has 0 spiro atoms. The molecule has 2 aromatic carbocycles. The molecule has 22 heavy (non-hydrogen) atoms. The molecule has 3 rings (SSSR count). The van der Waals surface area contributed by atoms with Gasteiger partial charge in [0.15, 0.2) is 0 Å². The second-order valence-electron chi connectivity index (χ2n) is 4.67. The summed E-state index contributed by atoms with van der Waals surface area (Å²) in [5.74, 6) is 0. The van der Waals surface area contributed by atoms with Gasteiger partial charge in [0, 0.05) is 26.8 Å². The largest absolute Gasteiger partial charge is 0.0786 e. The van der Waals surface area contributed by atoms with Crippen molar-refractivity contribution in [3.63, 3.8) is 0 Å². The number of hydrogen-bond donors (Lipinski definition) is 0. The van der Waals surface area contributed by atoms with Crippen molar-refractivity contribution >= 4 is 127 Å². The molecule has 1 aliphatic carbocycles. The van der Waals surface area contributed by atoms with Crippen LogP contribution in [0.1, 0.15) is 31.9 Å². The summed E-state index contributed by atoms with van der Waals surface area (Å²) in [5, 5.41) is 0. The topological polar surface area (TPSA) is 0 Å². The lowest BCUT2D eigenvalue weighted by atomic mass is 9.86. The molecule has 8 heteroatoms. The molecule has 0 nitrogen and oxygen atoms in total. The first-order valence-electron chi connectivity index (χ1n) is 5.89. The Bertz CT molecular complexity index is 798. The van der Waals surface area contributed by atoms with E-state index in [9.17, 15) is 0 Å². The van der Waals surface area contributed by atoms with E-state index in [0.717, 1.165) is 26.8 Å². The number of fused-ring (bicyclic) bond motifs is 2. The molecule has 0 saturated heterocycles. The average Bonchev–Trinajstić information content (AvgIpc) is 2.49. The van der Waals surface area contributed by atoms with Gasteiger partial charge in [-0.15, -0.1) is 0 Å². The van der Waals surface area contributed by atoms with E-state index in [1.807, 2.05) is 0 Å². The lowest BCUT2D eigenvalue weighted by molar-refractivity contribution is 0.959. The molecule has 1 aliphatic rings.